The average molecular weight is 790 g/mol. The van der Waals surface area contributed by atoms with Crippen molar-refractivity contribution in [2.75, 3.05) is 0 Å². The molecule has 3 heteroatoms. The molecule has 0 amide bonds. The van der Waals surface area contributed by atoms with Crippen molar-refractivity contribution < 1.29 is 0 Å². The minimum atomic E-state index is 0.932. The summed E-state index contributed by atoms with van der Waals surface area (Å²) in [6, 6.07) is 85.1. The van der Waals surface area contributed by atoms with Crippen LogP contribution in [0.15, 0.2) is 237 Å². The Morgan fingerprint density at radius 2 is 0.726 bits per heavy atom. The monoisotopic (exact) mass is 789 g/mol. The number of para-hydroxylation sites is 3. The standard InChI is InChI=1S/C59H39N3/c1-4-15-40(16-5-1)42-27-31-44(32-28-42)53-38-47(39-54(60-53)45-33-29-43(30-34-45)41-17-6-2-7-18-41)46-19-14-22-49(37-46)62-55-25-12-10-23-50(55)51-35-36-57-58(59(51)62)52-24-11-13-26-56(52)61(57)48-20-8-3-9-21-48/h1-39H. The van der Waals surface area contributed by atoms with Crippen LogP contribution in [0.4, 0.5) is 0 Å². The van der Waals surface area contributed by atoms with Gasteiger partial charge in [-0.15, -0.1) is 0 Å². The van der Waals surface area contributed by atoms with E-state index in [4.69, 9.17) is 4.98 Å². The Hall–Kier alpha value is -8.27. The second kappa shape index (κ2) is 14.8. The van der Waals surface area contributed by atoms with Crippen molar-refractivity contribution in [3.8, 4) is 67.3 Å². The molecule has 0 fully saturated rings. The third-order valence-electron chi connectivity index (χ3n) is 12.3. The van der Waals surface area contributed by atoms with Crippen molar-refractivity contribution in [3.63, 3.8) is 0 Å². The van der Waals surface area contributed by atoms with Gasteiger partial charge in [0, 0.05) is 44.0 Å². The van der Waals surface area contributed by atoms with Crippen LogP contribution in [0.1, 0.15) is 0 Å². The minimum Gasteiger partial charge on any atom is -0.309 e. The highest BCUT2D eigenvalue weighted by atomic mass is 15.0. The van der Waals surface area contributed by atoms with Gasteiger partial charge in [0.1, 0.15) is 0 Å². The summed E-state index contributed by atoms with van der Waals surface area (Å²) in [6.45, 7) is 0. The molecule has 62 heavy (non-hydrogen) atoms. The van der Waals surface area contributed by atoms with Crippen LogP contribution in [-0.2, 0) is 0 Å². The first kappa shape index (κ1) is 35.7. The van der Waals surface area contributed by atoms with E-state index < -0.39 is 0 Å². The lowest BCUT2D eigenvalue weighted by Gasteiger charge is -2.14. The van der Waals surface area contributed by atoms with E-state index >= 15 is 0 Å². The summed E-state index contributed by atoms with van der Waals surface area (Å²) in [4.78, 5) is 5.34. The van der Waals surface area contributed by atoms with Crippen molar-refractivity contribution in [2.24, 2.45) is 0 Å². The van der Waals surface area contributed by atoms with Gasteiger partial charge in [-0.3, -0.25) is 0 Å². The first-order valence-electron chi connectivity index (χ1n) is 21.2. The van der Waals surface area contributed by atoms with Gasteiger partial charge in [0.25, 0.3) is 0 Å². The molecule has 0 radical (unpaired) electrons. The lowest BCUT2D eigenvalue weighted by atomic mass is 9.97. The van der Waals surface area contributed by atoms with Gasteiger partial charge in [-0.2, -0.15) is 0 Å². The molecular formula is C59H39N3. The Morgan fingerprint density at radius 3 is 1.34 bits per heavy atom. The number of fused-ring (bicyclic) bond motifs is 7. The van der Waals surface area contributed by atoms with Gasteiger partial charge in [0.15, 0.2) is 0 Å². The maximum atomic E-state index is 5.34. The molecule has 0 aliphatic rings. The second-order valence-electron chi connectivity index (χ2n) is 16.0. The topological polar surface area (TPSA) is 22.8 Å². The minimum absolute atomic E-state index is 0.932. The lowest BCUT2D eigenvalue weighted by molar-refractivity contribution is 1.17. The molecule has 0 aliphatic carbocycles. The van der Waals surface area contributed by atoms with Gasteiger partial charge in [-0.25, -0.2) is 4.98 Å². The molecule has 0 bridgehead atoms. The number of rotatable bonds is 7. The molecule has 290 valence electrons. The summed E-state index contributed by atoms with van der Waals surface area (Å²) in [7, 11) is 0. The molecular weight excluding hydrogens is 751 g/mol. The smallest absolute Gasteiger partial charge is 0.0715 e. The summed E-state index contributed by atoms with van der Waals surface area (Å²) >= 11 is 0. The van der Waals surface area contributed by atoms with Crippen molar-refractivity contribution in [2.45, 2.75) is 0 Å². The molecule has 3 aromatic heterocycles. The van der Waals surface area contributed by atoms with Crippen LogP contribution < -0.4 is 0 Å². The van der Waals surface area contributed by atoms with E-state index in [0.717, 1.165) is 45.0 Å². The predicted molar refractivity (Wildman–Crippen MR) is 260 cm³/mol. The zero-order valence-corrected chi connectivity index (χ0v) is 33.9. The Bertz CT molecular complexity index is 3480. The van der Waals surface area contributed by atoms with Crippen LogP contribution in [0.3, 0.4) is 0 Å². The van der Waals surface area contributed by atoms with E-state index in [-0.39, 0.29) is 0 Å². The highest BCUT2D eigenvalue weighted by molar-refractivity contribution is 6.26. The fourth-order valence-corrected chi connectivity index (χ4v) is 9.38. The molecule has 0 atom stereocenters. The van der Waals surface area contributed by atoms with Gasteiger partial charge in [-0.1, -0.05) is 182 Å². The van der Waals surface area contributed by atoms with Crippen LogP contribution in [-0.4, -0.2) is 14.1 Å². The Labute approximate surface area is 360 Å². The molecule has 0 saturated heterocycles. The highest BCUT2D eigenvalue weighted by Crippen LogP contribution is 2.43. The number of hydrogen-bond acceptors (Lipinski definition) is 1. The summed E-state index contributed by atoms with van der Waals surface area (Å²) in [5, 5.41) is 4.95. The van der Waals surface area contributed by atoms with Crippen LogP contribution in [0, 0.1) is 0 Å². The molecule has 12 rings (SSSR count). The van der Waals surface area contributed by atoms with Gasteiger partial charge in [0.05, 0.1) is 33.5 Å². The van der Waals surface area contributed by atoms with E-state index in [1.54, 1.807) is 0 Å². The summed E-state index contributed by atoms with van der Waals surface area (Å²) < 4.78 is 4.88. The van der Waals surface area contributed by atoms with E-state index in [0.29, 0.717) is 0 Å². The number of pyridine rings is 1. The lowest BCUT2D eigenvalue weighted by Crippen LogP contribution is -1.96. The van der Waals surface area contributed by atoms with E-state index in [2.05, 4.69) is 246 Å². The molecule has 0 aliphatic heterocycles. The van der Waals surface area contributed by atoms with Crippen LogP contribution in [0.25, 0.3) is 111 Å². The van der Waals surface area contributed by atoms with Gasteiger partial charge in [0.2, 0.25) is 0 Å². The predicted octanol–water partition coefficient (Wildman–Crippen LogP) is 15.6. The van der Waals surface area contributed by atoms with Crippen molar-refractivity contribution in [3.05, 3.63) is 237 Å². The van der Waals surface area contributed by atoms with E-state index in [9.17, 15) is 0 Å². The Morgan fingerprint density at radius 1 is 0.258 bits per heavy atom. The molecule has 3 heterocycles. The van der Waals surface area contributed by atoms with Gasteiger partial charge >= 0.3 is 0 Å². The number of benzene rings is 9. The third-order valence-corrected chi connectivity index (χ3v) is 12.3. The van der Waals surface area contributed by atoms with E-state index in [1.807, 2.05) is 0 Å². The molecule has 12 aromatic rings. The van der Waals surface area contributed by atoms with Crippen molar-refractivity contribution in [1.82, 2.24) is 14.1 Å². The third kappa shape index (κ3) is 6.02. The average Bonchev–Trinajstić information content (AvgIpc) is 3.88. The van der Waals surface area contributed by atoms with Gasteiger partial charge in [-0.05, 0) is 88.0 Å². The fourth-order valence-electron chi connectivity index (χ4n) is 9.38. The highest BCUT2D eigenvalue weighted by Gasteiger charge is 2.21. The maximum absolute atomic E-state index is 5.34. The maximum Gasteiger partial charge on any atom is 0.0715 e. The molecule has 9 aromatic carbocycles. The fraction of sp³-hybridized carbons (Fsp3) is 0. The number of nitrogens with zero attached hydrogens (tertiary/aromatic N) is 3. The van der Waals surface area contributed by atoms with Gasteiger partial charge < -0.3 is 9.13 Å². The Kier molecular flexibility index (Phi) is 8.50. The summed E-state index contributed by atoms with van der Waals surface area (Å²) in [6.07, 6.45) is 0. The second-order valence-corrected chi connectivity index (χ2v) is 16.0. The number of hydrogen-bond donors (Lipinski definition) is 0. The summed E-state index contributed by atoms with van der Waals surface area (Å²) in [5.74, 6) is 0. The summed E-state index contributed by atoms with van der Waals surface area (Å²) in [5.41, 5.74) is 18.0. The van der Waals surface area contributed by atoms with Crippen molar-refractivity contribution in [1.29, 1.82) is 0 Å². The van der Waals surface area contributed by atoms with Crippen LogP contribution in [0.2, 0.25) is 0 Å². The zero-order chi connectivity index (χ0) is 41.0. The molecule has 0 N–H and O–H groups in total. The van der Waals surface area contributed by atoms with Crippen LogP contribution >= 0.6 is 0 Å². The quantitative estimate of drug-likeness (QED) is 0.158. The first-order valence-corrected chi connectivity index (χ1v) is 21.2. The van der Waals surface area contributed by atoms with E-state index in [1.165, 1.54) is 65.9 Å². The SMILES string of the molecule is c1ccc(-c2ccc(-c3cc(-c4cccc(-n5c6ccccc6c6ccc7c(c8ccccc8n7-c7ccccc7)c65)c4)cc(-c4ccc(-c5ccccc5)cc4)n3)cc2)cc1. The number of aromatic nitrogens is 3. The molecule has 3 nitrogen and oxygen atoms in total. The molecule has 0 spiro atoms. The van der Waals surface area contributed by atoms with Crippen molar-refractivity contribution >= 4 is 43.6 Å². The Balaban J connectivity index is 1.05. The molecule has 0 saturated carbocycles. The first-order chi connectivity index (χ1) is 30.7. The zero-order valence-electron chi connectivity index (χ0n) is 33.9. The normalized spacial score (nSPS) is 11.5. The molecule has 0 unspecified atom stereocenters. The van der Waals surface area contributed by atoms with Crippen LogP contribution in [0.5, 0.6) is 0 Å². The largest absolute Gasteiger partial charge is 0.309 e.